The zero-order valence-corrected chi connectivity index (χ0v) is 20.2. The summed E-state index contributed by atoms with van der Waals surface area (Å²) in [5.74, 6) is -1.83. The van der Waals surface area contributed by atoms with Gasteiger partial charge in [-0.25, -0.2) is 8.78 Å². The molecule has 5 nitrogen and oxygen atoms in total. The molecule has 2 aliphatic rings. The number of hydrogen-bond acceptors (Lipinski definition) is 5. The number of rotatable bonds is 12. The lowest BCUT2D eigenvalue weighted by Crippen LogP contribution is -2.56. The minimum absolute atomic E-state index is 0.0493. The molecule has 2 fully saturated rings. The molecule has 0 amide bonds. The topological polar surface area (TPSA) is 65.0 Å². The van der Waals surface area contributed by atoms with Gasteiger partial charge in [-0.2, -0.15) is 0 Å². The lowest BCUT2D eigenvalue weighted by atomic mass is 9.73. The quantitative estimate of drug-likeness (QED) is 0.407. The standard InChI is InChI=1S/C26H42F2N2O3/c1-29-17-23(25(31)19-9-3-4-10-19)30-15-8-11-20(18-30)26(32,14-5-6-16-33-2)21-12-7-13-22(27)24(21)28/h7,12-13,19-20,23,25,29,31-32H,3-6,8-11,14-18H2,1-2H3/t20?,23-,25+,26+/m1/s1. The van der Waals surface area contributed by atoms with E-state index in [4.69, 9.17) is 4.74 Å². The summed E-state index contributed by atoms with van der Waals surface area (Å²) in [5.41, 5.74) is -1.42. The number of nitrogens with one attached hydrogen (secondary N) is 1. The van der Waals surface area contributed by atoms with Crippen molar-refractivity contribution in [2.75, 3.05) is 40.4 Å². The highest BCUT2D eigenvalue weighted by molar-refractivity contribution is 5.27. The smallest absolute Gasteiger partial charge is 0.164 e. The molecule has 1 aromatic rings. The molecule has 1 aliphatic heterocycles. The summed E-state index contributed by atoms with van der Waals surface area (Å²) in [6.45, 7) is 2.60. The maximum atomic E-state index is 14.9. The van der Waals surface area contributed by atoms with E-state index in [1.165, 1.54) is 12.1 Å². The molecule has 0 radical (unpaired) electrons. The van der Waals surface area contributed by atoms with Crippen LogP contribution in [0, 0.1) is 23.5 Å². The molecule has 1 aliphatic carbocycles. The Kier molecular flexibility index (Phi) is 10.1. The lowest BCUT2D eigenvalue weighted by Gasteiger charge is -2.46. The first-order valence-corrected chi connectivity index (χ1v) is 12.6. The van der Waals surface area contributed by atoms with Gasteiger partial charge in [-0.1, -0.05) is 25.0 Å². The molecule has 1 saturated carbocycles. The van der Waals surface area contributed by atoms with Crippen molar-refractivity contribution in [2.24, 2.45) is 11.8 Å². The number of unbranched alkanes of at least 4 members (excludes halogenated alkanes) is 1. The average Bonchev–Trinajstić information content (AvgIpc) is 3.37. The first-order chi connectivity index (χ1) is 15.9. The minimum atomic E-state index is -1.47. The number of benzene rings is 1. The van der Waals surface area contributed by atoms with Crippen molar-refractivity contribution in [1.29, 1.82) is 0 Å². The van der Waals surface area contributed by atoms with Crippen molar-refractivity contribution < 1.29 is 23.7 Å². The predicted octanol–water partition coefficient (Wildman–Crippen LogP) is 3.82. The summed E-state index contributed by atoms with van der Waals surface area (Å²) in [7, 11) is 3.53. The van der Waals surface area contributed by atoms with Crippen molar-refractivity contribution >= 4 is 0 Å². The first-order valence-electron chi connectivity index (χ1n) is 12.6. The van der Waals surface area contributed by atoms with Crippen LogP contribution in [-0.4, -0.2) is 67.7 Å². The maximum absolute atomic E-state index is 14.9. The lowest BCUT2D eigenvalue weighted by molar-refractivity contribution is -0.0831. The Morgan fingerprint density at radius 3 is 2.64 bits per heavy atom. The van der Waals surface area contributed by atoms with Gasteiger partial charge in [-0.05, 0) is 70.5 Å². The second kappa shape index (κ2) is 12.5. The molecule has 1 unspecified atom stereocenters. The number of likely N-dealkylation sites (N-methyl/N-ethyl adjacent to an activating group) is 1. The zero-order valence-electron chi connectivity index (χ0n) is 20.2. The number of nitrogens with zero attached hydrogens (tertiary/aromatic N) is 1. The minimum Gasteiger partial charge on any atom is -0.391 e. The van der Waals surface area contributed by atoms with E-state index in [-0.39, 0.29) is 17.5 Å². The number of aliphatic hydroxyl groups is 2. The number of hydrogen-bond donors (Lipinski definition) is 3. The average molecular weight is 469 g/mol. The van der Waals surface area contributed by atoms with Gasteiger partial charge >= 0.3 is 0 Å². The highest BCUT2D eigenvalue weighted by Crippen LogP contribution is 2.42. The molecule has 1 heterocycles. The Labute approximate surface area is 197 Å². The first kappa shape index (κ1) is 26.5. The molecular formula is C26H42F2N2O3. The van der Waals surface area contributed by atoms with Gasteiger partial charge in [0, 0.05) is 44.3 Å². The van der Waals surface area contributed by atoms with E-state index in [1.807, 2.05) is 7.05 Å². The number of methoxy groups -OCH3 is 1. The molecule has 3 rings (SSSR count). The van der Waals surface area contributed by atoms with Crippen LogP contribution in [-0.2, 0) is 10.3 Å². The third-order valence-electron chi connectivity index (χ3n) is 7.86. The maximum Gasteiger partial charge on any atom is 0.164 e. The van der Waals surface area contributed by atoms with Crippen LogP contribution in [0.25, 0.3) is 0 Å². The second-order valence-corrected chi connectivity index (χ2v) is 9.97. The van der Waals surface area contributed by atoms with Gasteiger partial charge in [0.1, 0.15) is 0 Å². The van der Waals surface area contributed by atoms with Crippen LogP contribution < -0.4 is 5.32 Å². The zero-order chi connectivity index (χ0) is 23.8. The summed E-state index contributed by atoms with van der Waals surface area (Å²) in [6.07, 6.45) is 7.33. The van der Waals surface area contributed by atoms with Crippen LogP contribution in [0.5, 0.6) is 0 Å². The van der Waals surface area contributed by atoms with Gasteiger partial charge in [-0.15, -0.1) is 0 Å². The number of ether oxygens (including phenoxy) is 1. The Morgan fingerprint density at radius 2 is 1.94 bits per heavy atom. The van der Waals surface area contributed by atoms with E-state index in [9.17, 15) is 19.0 Å². The van der Waals surface area contributed by atoms with E-state index < -0.39 is 23.3 Å². The largest absolute Gasteiger partial charge is 0.391 e. The fourth-order valence-corrected chi connectivity index (χ4v) is 6.02. The number of halogens is 2. The van der Waals surface area contributed by atoms with Gasteiger partial charge in [0.2, 0.25) is 0 Å². The molecule has 33 heavy (non-hydrogen) atoms. The highest BCUT2D eigenvalue weighted by Gasteiger charge is 2.44. The van der Waals surface area contributed by atoms with Gasteiger partial charge in [0.25, 0.3) is 0 Å². The fourth-order valence-electron chi connectivity index (χ4n) is 6.02. The molecule has 3 N–H and O–H groups in total. The van der Waals surface area contributed by atoms with E-state index in [0.717, 1.165) is 57.6 Å². The van der Waals surface area contributed by atoms with Crippen LogP contribution in [0.15, 0.2) is 18.2 Å². The van der Waals surface area contributed by atoms with Crippen LogP contribution in [0.4, 0.5) is 8.78 Å². The molecule has 7 heteroatoms. The molecule has 0 aromatic heterocycles. The summed E-state index contributed by atoms with van der Waals surface area (Å²) in [5, 5.41) is 26.4. The summed E-state index contributed by atoms with van der Waals surface area (Å²) < 4.78 is 34.2. The van der Waals surface area contributed by atoms with Crippen molar-refractivity contribution in [3.05, 3.63) is 35.4 Å². The number of piperidine rings is 1. The van der Waals surface area contributed by atoms with Crippen molar-refractivity contribution in [3.63, 3.8) is 0 Å². The molecular weight excluding hydrogens is 426 g/mol. The van der Waals surface area contributed by atoms with Gasteiger partial charge in [0.15, 0.2) is 11.6 Å². The van der Waals surface area contributed by atoms with Crippen LogP contribution in [0.1, 0.15) is 63.4 Å². The monoisotopic (exact) mass is 468 g/mol. The van der Waals surface area contributed by atoms with Crippen LogP contribution >= 0.6 is 0 Å². The van der Waals surface area contributed by atoms with E-state index in [2.05, 4.69) is 10.2 Å². The Bertz CT molecular complexity index is 731. The van der Waals surface area contributed by atoms with Crippen molar-refractivity contribution in [3.8, 4) is 0 Å². The number of likely N-dealkylation sites (tertiary alicyclic amines) is 1. The molecule has 0 bridgehead atoms. The Morgan fingerprint density at radius 1 is 1.18 bits per heavy atom. The second-order valence-electron chi connectivity index (χ2n) is 9.97. The van der Waals surface area contributed by atoms with Gasteiger partial charge in [0.05, 0.1) is 11.7 Å². The van der Waals surface area contributed by atoms with E-state index in [0.29, 0.717) is 38.5 Å². The van der Waals surface area contributed by atoms with Gasteiger partial charge in [-0.3, -0.25) is 4.90 Å². The SMILES string of the molecule is CNC[C@H]([C@@H](O)C1CCCC1)N1CCCC([C@@](O)(CCCCOC)c2cccc(F)c2F)C1. The van der Waals surface area contributed by atoms with E-state index >= 15 is 0 Å². The Balaban J connectivity index is 1.84. The van der Waals surface area contributed by atoms with Crippen molar-refractivity contribution in [1.82, 2.24) is 10.2 Å². The normalized spacial score (nSPS) is 24.0. The third kappa shape index (κ3) is 6.31. The predicted molar refractivity (Wildman–Crippen MR) is 126 cm³/mol. The molecule has 1 aromatic carbocycles. The third-order valence-corrected chi connectivity index (χ3v) is 7.86. The number of aliphatic hydroxyl groups excluding tert-OH is 1. The molecule has 1 saturated heterocycles. The summed E-state index contributed by atoms with van der Waals surface area (Å²) in [4.78, 5) is 2.27. The highest BCUT2D eigenvalue weighted by atomic mass is 19.2. The van der Waals surface area contributed by atoms with Crippen LogP contribution in [0.3, 0.4) is 0 Å². The summed E-state index contributed by atoms with van der Waals surface area (Å²) >= 11 is 0. The Hall–Kier alpha value is -1.12. The molecule has 188 valence electrons. The van der Waals surface area contributed by atoms with Crippen LogP contribution in [0.2, 0.25) is 0 Å². The van der Waals surface area contributed by atoms with Gasteiger partial charge < -0.3 is 20.3 Å². The van der Waals surface area contributed by atoms with Crippen molar-refractivity contribution in [2.45, 2.75) is 75.5 Å². The molecule has 0 spiro atoms. The molecule has 4 atom stereocenters. The van der Waals surface area contributed by atoms with E-state index in [1.54, 1.807) is 7.11 Å². The fraction of sp³-hybridized carbons (Fsp3) is 0.769. The summed E-state index contributed by atoms with van der Waals surface area (Å²) in [6, 6.07) is 4.03.